The SMILES string of the molecule is O=C(O)c1ccc(Oc2nccs2)cc1. The maximum absolute atomic E-state index is 10.6. The lowest BCUT2D eigenvalue weighted by Gasteiger charge is -2.01. The standard InChI is InChI=1S/C10H7NO3S/c12-9(13)7-1-3-8(4-2-7)14-10-11-5-6-15-10/h1-6H,(H,12,13). The van der Waals surface area contributed by atoms with Crippen molar-refractivity contribution in [3.05, 3.63) is 41.4 Å². The van der Waals surface area contributed by atoms with Crippen molar-refractivity contribution in [1.29, 1.82) is 0 Å². The molecule has 2 rings (SSSR count). The lowest BCUT2D eigenvalue weighted by atomic mass is 10.2. The number of carboxylic acid groups (broad SMARTS) is 1. The average molecular weight is 221 g/mol. The van der Waals surface area contributed by atoms with E-state index >= 15 is 0 Å². The van der Waals surface area contributed by atoms with E-state index in [2.05, 4.69) is 4.98 Å². The van der Waals surface area contributed by atoms with Crippen LogP contribution in [0.3, 0.4) is 0 Å². The summed E-state index contributed by atoms with van der Waals surface area (Å²) < 4.78 is 5.37. The minimum absolute atomic E-state index is 0.237. The number of carboxylic acids is 1. The van der Waals surface area contributed by atoms with Crippen LogP contribution in [0.2, 0.25) is 0 Å². The number of aromatic nitrogens is 1. The second-order valence-corrected chi connectivity index (χ2v) is 3.59. The highest BCUT2D eigenvalue weighted by Crippen LogP contribution is 2.23. The normalized spacial score (nSPS) is 9.87. The second kappa shape index (κ2) is 4.10. The van der Waals surface area contributed by atoms with Crippen molar-refractivity contribution in [1.82, 2.24) is 4.98 Å². The molecule has 1 heterocycles. The summed E-state index contributed by atoms with van der Waals surface area (Å²) in [4.78, 5) is 14.5. The number of ether oxygens (including phenoxy) is 1. The first-order valence-corrected chi connectivity index (χ1v) is 5.04. The molecule has 5 heteroatoms. The molecule has 76 valence electrons. The van der Waals surface area contributed by atoms with E-state index < -0.39 is 5.97 Å². The van der Waals surface area contributed by atoms with Crippen LogP contribution in [0.15, 0.2) is 35.8 Å². The summed E-state index contributed by atoms with van der Waals surface area (Å²) in [5.41, 5.74) is 0.237. The number of carbonyl (C=O) groups is 1. The molecular weight excluding hydrogens is 214 g/mol. The van der Waals surface area contributed by atoms with Crippen LogP contribution in [0.5, 0.6) is 10.9 Å². The van der Waals surface area contributed by atoms with Gasteiger partial charge in [-0.1, -0.05) is 11.3 Å². The minimum atomic E-state index is -0.948. The Kier molecular flexibility index (Phi) is 2.64. The molecule has 0 amide bonds. The van der Waals surface area contributed by atoms with Crippen LogP contribution in [-0.4, -0.2) is 16.1 Å². The molecule has 0 saturated heterocycles. The molecule has 4 nitrogen and oxygen atoms in total. The Morgan fingerprint density at radius 3 is 2.60 bits per heavy atom. The zero-order chi connectivity index (χ0) is 10.7. The number of benzene rings is 1. The first-order chi connectivity index (χ1) is 7.25. The molecule has 0 bridgehead atoms. The summed E-state index contributed by atoms with van der Waals surface area (Å²) >= 11 is 1.38. The van der Waals surface area contributed by atoms with Crippen molar-refractivity contribution in [2.75, 3.05) is 0 Å². The zero-order valence-electron chi connectivity index (χ0n) is 7.58. The predicted molar refractivity (Wildman–Crippen MR) is 55.6 cm³/mol. The van der Waals surface area contributed by atoms with Gasteiger partial charge in [0.2, 0.25) is 0 Å². The summed E-state index contributed by atoms with van der Waals surface area (Å²) in [5.74, 6) is -0.370. The van der Waals surface area contributed by atoms with Crippen LogP contribution in [0, 0.1) is 0 Å². The first-order valence-electron chi connectivity index (χ1n) is 4.16. The minimum Gasteiger partial charge on any atom is -0.478 e. The van der Waals surface area contributed by atoms with E-state index in [9.17, 15) is 4.79 Å². The van der Waals surface area contributed by atoms with Crippen LogP contribution in [0.4, 0.5) is 0 Å². The van der Waals surface area contributed by atoms with Gasteiger partial charge in [0, 0.05) is 11.6 Å². The maximum Gasteiger partial charge on any atom is 0.335 e. The van der Waals surface area contributed by atoms with E-state index in [1.807, 2.05) is 0 Å². The van der Waals surface area contributed by atoms with Crippen molar-refractivity contribution in [3.8, 4) is 10.9 Å². The number of thiazole rings is 1. The van der Waals surface area contributed by atoms with Crippen molar-refractivity contribution in [3.63, 3.8) is 0 Å². The Morgan fingerprint density at radius 1 is 1.33 bits per heavy atom. The monoisotopic (exact) mass is 221 g/mol. The summed E-state index contributed by atoms with van der Waals surface area (Å²) in [6, 6.07) is 6.19. The number of rotatable bonds is 3. The van der Waals surface area contributed by atoms with Crippen molar-refractivity contribution in [2.45, 2.75) is 0 Å². The van der Waals surface area contributed by atoms with Crippen LogP contribution >= 0.6 is 11.3 Å². The summed E-state index contributed by atoms with van der Waals surface area (Å²) in [5, 5.41) is 11.0. The van der Waals surface area contributed by atoms with E-state index in [1.54, 1.807) is 23.7 Å². The molecule has 1 N–H and O–H groups in total. The molecule has 2 aromatic rings. The molecule has 0 unspecified atom stereocenters. The van der Waals surface area contributed by atoms with Crippen LogP contribution < -0.4 is 4.74 Å². The summed E-state index contributed by atoms with van der Waals surface area (Å²) in [6.07, 6.45) is 1.64. The fourth-order valence-corrected chi connectivity index (χ4v) is 1.53. The predicted octanol–water partition coefficient (Wildman–Crippen LogP) is 2.63. The molecule has 15 heavy (non-hydrogen) atoms. The lowest BCUT2D eigenvalue weighted by Crippen LogP contribution is -1.95. The van der Waals surface area contributed by atoms with E-state index in [4.69, 9.17) is 9.84 Å². The highest BCUT2D eigenvalue weighted by molar-refractivity contribution is 7.11. The third-order valence-corrected chi connectivity index (χ3v) is 2.36. The van der Waals surface area contributed by atoms with E-state index in [1.165, 1.54) is 23.5 Å². The fourth-order valence-electron chi connectivity index (χ4n) is 1.03. The third kappa shape index (κ3) is 2.32. The molecule has 1 aromatic heterocycles. The van der Waals surface area contributed by atoms with Crippen molar-refractivity contribution < 1.29 is 14.6 Å². The van der Waals surface area contributed by atoms with Crippen LogP contribution in [-0.2, 0) is 0 Å². The number of aromatic carboxylic acids is 1. The fraction of sp³-hybridized carbons (Fsp3) is 0. The molecule has 0 radical (unpaired) electrons. The molecular formula is C10H7NO3S. The average Bonchev–Trinajstić information content (AvgIpc) is 2.71. The molecule has 0 saturated carbocycles. The summed E-state index contributed by atoms with van der Waals surface area (Å²) in [6.45, 7) is 0. The van der Waals surface area contributed by atoms with Gasteiger partial charge in [-0.25, -0.2) is 9.78 Å². The Bertz CT molecular complexity index is 450. The Morgan fingerprint density at radius 2 is 2.07 bits per heavy atom. The quantitative estimate of drug-likeness (QED) is 0.865. The van der Waals surface area contributed by atoms with Gasteiger partial charge in [-0.05, 0) is 24.3 Å². The highest BCUT2D eigenvalue weighted by atomic mass is 32.1. The molecule has 0 aliphatic heterocycles. The Balaban J connectivity index is 2.14. The van der Waals surface area contributed by atoms with E-state index in [0.29, 0.717) is 10.9 Å². The van der Waals surface area contributed by atoms with Crippen LogP contribution in [0.25, 0.3) is 0 Å². The van der Waals surface area contributed by atoms with E-state index in [0.717, 1.165) is 0 Å². The van der Waals surface area contributed by atoms with Gasteiger partial charge in [0.1, 0.15) is 5.75 Å². The van der Waals surface area contributed by atoms with Gasteiger partial charge in [0.15, 0.2) is 0 Å². The molecule has 0 fully saturated rings. The highest BCUT2D eigenvalue weighted by Gasteiger charge is 2.03. The maximum atomic E-state index is 10.6. The Labute approximate surface area is 89.8 Å². The zero-order valence-corrected chi connectivity index (χ0v) is 8.40. The first kappa shape index (κ1) is 9.67. The lowest BCUT2D eigenvalue weighted by molar-refractivity contribution is 0.0697. The largest absolute Gasteiger partial charge is 0.478 e. The van der Waals surface area contributed by atoms with Gasteiger partial charge in [-0.15, -0.1) is 0 Å². The van der Waals surface area contributed by atoms with Crippen LogP contribution in [0.1, 0.15) is 10.4 Å². The Hall–Kier alpha value is -1.88. The molecule has 0 aliphatic rings. The second-order valence-electron chi connectivity index (χ2n) is 2.73. The smallest absolute Gasteiger partial charge is 0.335 e. The topological polar surface area (TPSA) is 59.4 Å². The molecule has 0 atom stereocenters. The van der Waals surface area contributed by atoms with Gasteiger partial charge < -0.3 is 9.84 Å². The molecule has 0 aliphatic carbocycles. The number of nitrogens with zero attached hydrogens (tertiary/aromatic N) is 1. The van der Waals surface area contributed by atoms with Gasteiger partial charge >= 0.3 is 5.97 Å². The van der Waals surface area contributed by atoms with Gasteiger partial charge in [-0.2, -0.15) is 0 Å². The van der Waals surface area contributed by atoms with Gasteiger partial charge in [0.25, 0.3) is 5.19 Å². The van der Waals surface area contributed by atoms with E-state index in [-0.39, 0.29) is 5.56 Å². The summed E-state index contributed by atoms with van der Waals surface area (Å²) in [7, 11) is 0. The van der Waals surface area contributed by atoms with Gasteiger partial charge in [0.05, 0.1) is 5.56 Å². The number of hydrogen-bond acceptors (Lipinski definition) is 4. The third-order valence-electron chi connectivity index (χ3n) is 1.72. The van der Waals surface area contributed by atoms with Crippen molar-refractivity contribution >= 4 is 17.3 Å². The van der Waals surface area contributed by atoms with Crippen molar-refractivity contribution in [2.24, 2.45) is 0 Å². The number of hydrogen-bond donors (Lipinski definition) is 1. The molecule has 0 spiro atoms. The van der Waals surface area contributed by atoms with Gasteiger partial charge in [-0.3, -0.25) is 0 Å². The molecule has 1 aromatic carbocycles.